The molecule has 0 atom stereocenters. The Bertz CT molecular complexity index is 849. The molecule has 0 bridgehead atoms. The Balaban J connectivity index is 1.85. The lowest BCUT2D eigenvalue weighted by Gasteiger charge is -2.11. The van der Waals surface area contributed by atoms with Crippen LogP contribution in [0, 0.1) is 12.7 Å². The summed E-state index contributed by atoms with van der Waals surface area (Å²) < 4.78 is 24.7. The van der Waals surface area contributed by atoms with Crippen molar-refractivity contribution in [1.82, 2.24) is 4.98 Å². The van der Waals surface area contributed by atoms with E-state index in [1.165, 1.54) is 12.1 Å². The minimum absolute atomic E-state index is 0.313. The van der Waals surface area contributed by atoms with Crippen LogP contribution in [0.2, 0.25) is 0 Å². The molecule has 3 rings (SSSR count). The number of aryl methyl sites for hydroxylation is 1. The molecule has 0 saturated heterocycles. The van der Waals surface area contributed by atoms with E-state index in [4.69, 9.17) is 9.47 Å². The van der Waals surface area contributed by atoms with E-state index in [1.807, 2.05) is 37.3 Å². The molecule has 2 aromatic carbocycles. The Morgan fingerprint density at radius 1 is 1.00 bits per heavy atom. The van der Waals surface area contributed by atoms with Crippen molar-refractivity contribution in [1.29, 1.82) is 0 Å². The molecule has 0 saturated carbocycles. The maximum atomic E-state index is 13.6. The Morgan fingerprint density at radius 2 is 1.83 bits per heavy atom. The SMILES string of the molecule is COc1ccc(F)cc1-c1cncc(COc2ccccc2C)c1. The van der Waals surface area contributed by atoms with Crippen LogP contribution >= 0.6 is 0 Å². The van der Waals surface area contributed by atoms with Gasteiger partial charge in [0.2, 0.25) is 0 Å². The molecule has 122 valence electrons. The van der Waals surface area contributed by atoms with Crippen LogP contribution in [0.1, 0.15) is 11.1 Å². The van der Waals surface area contributed by atoms with Gasteiger partial charge in [0.05, 0.1) is 7.11 Å². The van der Waals surface area contributed by atoms with Crippen molar-refractivity contribution >= 4 is 0 Å². The van der Waals surface area contributed by atoms with Gasteiger partial charge in [-0.15, -0.1) is 0 Å². The molecule has 0 radical (unpaired) electrons. The molecule has 0 aliphatic carbocycles. The lowest BCUT2D eigenvalue weighted by molar-refractivity contribution is 0.303. The number of rotatable bonds is 5. The number of ether oxygens (including phenoxy) is 2. The Hall–Kier alpha value is -2.88. The normalized spacial score (nSPS) is 10.5. The van der Waals surface area contributed by atoms with Crippen LogP contribution in [0.5, 0.6) is 11.5 Å². The van der Waals surface area contributed by atoms with Gasteiger partial charge in [-0.1, -0.05) is 18.2 Å². The van der Waals surface area contributed by atoms with Crippen molar-refractivity contribution in [2.75, 3.05) is 7.11 Å². The molecule has 0 aliphatic heterocycles. The van der Waals surface area contributed by atoms with E-state index in [2.05, 4.69) is 4.98 Å². The summed E-state index contributed by atoms with van der Waals surface area (Å²) >= 11 is 0. The molecule has 1 heterocycles. The molecule has 0 aliphatic rings. The number of para-hydroxylation sites is 1. The zero-order chi connectivity index (χ0) is 16.9. The van der Waals surface area contributed by atoms with Gasteiger partial charge in [0.25, 0.3) is 0 Å². The minimum Gasteiger partial charge on any atom is -0.496 e. The van der Waals surface area contributed by atoms with Gasteiger partial charge in [0.15, 0.2) is 0 Å². The molecular formula is C20H18FNO2. The maximum absolute atomic E-state index is 13.6. The molecular weight excluding hydrogens is 305 g/mol. The summed E-state index contributed by atoms with van der Waals surface area (Å²) in [6.07, 6.45) is 3.43. The van der Waals surface area contributed by atoms with Crippen molar-refractivity contribution in [3.63, 3.8) is 0 Å². The minimum atomic E-state index is -0.313. The molecule has 0 amide bonds. The number of benzene rings is 2. The number of halogens is 1. The van der Waals surface area contributed by atoms with Crippen molar-refractivity contribution < 1.29 is 13.9 Å². The quantitative estimate of drug-likeness (QED) is 0.677. The highest BCUT2D eigenvalue weighted by atomic mass is 19.1. The molecule has 24 heavy (non-hydrogen) atoms. The molecule has 0 spiro atoms. The predicted octanol–water partition coefficient (Wildman–Crippen LogP) is 4.78. The van der Waals surface area contributed by atoms with Gasteiger partial charge in [-0.05, 0) is 42.8 Å². The number of hydrogen-bond acceptors (Lipinski definition) is 3. The van der Waals surface area contributed by atoms with Crippen LogP contribution in [0.3, 0.4) is 0 Å². The highest BCUT2D eigenvalue weighted by Crippen LogP contribution is 2.30. The second kappa shape index (κ2) is 7.13. The first-order valence-electron chi connectivity index (χ1n) is 7.63. The van der Waals surface area contributed by atoms with Crippen LogP contribution in [-0.2, 0) is 6.61 Å². The van der Waals surface area contributed by atoms with Gasteiger partial charge in [-0.3, -0.25) is 4.98 Å². The van der Waals surface area contributed by atoms with Crippen molar-refractivity contribution in [2.45, 2.75) is 13.5 Å². The van der Waals surface area contributed by atoms with Gasteiger partial charge < -0.3 is 9.47 Å². The van der Waals surface area contributed by atoms with Gasteiger partial charge >= 0.3 is 0 Å². The van der Waals surface area contributed by atoms with Crippen LogP contribution < -0.4 is 9.47 Å². The second-order valence-electron chi connectivity index (χ2n) is 5.48. The van der Waals surface area contributed by atoms with E-state index in [0.717, 1.165) is 22.4 Å². The summed E-state index contributed by atoms with van der Waals surface area (Å²) in [5.41, 5.74) is 3.44. The molecule has 1 aromatic heterocycles. The topological polar surface area (TPSA) is 31.4 Å². The van der Waals surface area contributed by atoms with Gasteiger partial charge in [-0.25, -0.2) is 4.39 Å². The second-order valence-corrected chi connectivity index (χ2v) is 5.48. The molecule has 3 nitrogen and oxygen atoms in total. The highest BCUT2D eigenvalue weighted by molar-refractivity contribution is 5.70. The Morgan fingerprint density at radius 3 is 2.62 bits per heavy atom. The zero-order valence-corrected chi connectivity index (χ0v) is 13.6. The first-order chi connectivity index (χ1) is 11.7. The smallest absolute Gasteiger partial charge is 0.126 e. The predicted molar refractivity (Wildman–Crippen MR) is 91.7 cm³/mol. The van der Waals surface area contributed by atoms with Crippen molar-refractivity contribution in [3.05, 3.63) is 77.9 Å². The summed E-state index contributed by atoms with van der Waals surface area (Å²) in [6, 6.07) is 14.2. The third kappa shape index (κ3) is 3.54. The van der Waals surface area contributed by atoms with Crippen molar-refractivity contribution in [3.8, 4) is 22.6 Å². The van der Waals surface area contributed by atoms with Gasteiger partial charge in [0.1, 0.15) is 23.9 Å². The first-order valence-corrected chi connectivity index (χ1v) is 7.63. The lowest BCUT2D eigenvalue weighted by Crippen LogP contribution is -1.98. The van der Waals surface area contributed by atoms with Crippen LogP contribution in [0.25, 0.3) is 11.1 Å². The average Bonchev–Trinajstić information content (AvgIpc) is 2.61. The molecule has 0 fully saturated rings. The summed E-state index contributed by atoms with van der Waals surface area (Å²) in [5, 5.41) is 0. The van der Waals surface area contributed by atoms with E-state index in [9.17, 15) is 4.39 Å². The maximum Gasteiger partial charge on any atom is 0.126 e. The largest absolute Gasteiger partial charge is 0.496 e. The fourth-order valence-corrected chi connectivity index (χ4v) is 2.50. The zero-order valence-electron chi connectivity index (χ0n) is 13.6. The number of methoxy groups -OCH3 is 1. The van der Waals surface area contributed by atoms with E-state index in [0.29, 0.717) is 17.9 Å². The third-order valence-electron chi connectivity index (χ3n) is 3.76. The van der Waals surface area contributed by atoms with Crippen LogP contribution in [0.15, 0.2) is 60.9 Å². The van der Waals surface area contributed by atoms with E-state index in [1.54, 1.807) is 25.6 Å². The number of pyridine rings is 1. The number of hydrogen-bond donors (Lipinski definition) is 0. The summed E-state index contributed by atoms with van der Waals surface area (Å²) in [6.45, 7) is 2.39. The monoisotopic (exact) mass is 323 g/mol. The molecule has 4 heteroatoms. The fraction of sp³-hybridized carbons (Fsp3) is 0.150. The van der Waals surface area contributed by atoms with E-state index < -0.39 is 0 Å². The lowest BCUT2D eigenvalue weighted by atomic mass is 10.0. The number of aromatic nitrogens is 1. The Kier molecular flexibility index (Phi) is 4.75. The average molecular weight is 323 g/mol. The van der Waals surface area contributed by atoms with Crippen LogP contribution in [-0.4, -0.2) is 12.1 Å². The van der Waals surface area contributed by atoms with Crippen molar-refractivity contribution in [2.24, 2.45) is 0 Å². The van der Waals surface area contributed by atoms with Gasteiger partial charge in [0, 0.05) is 29.1 Å². The van der Waals surface area contributed by atoms with Crippen LogP contribution in [0.4, 0.5) is 4.39 Å². The fourth-order valence-electron chi connectivity index (χ4n) is 2.50. The first kappa shape index (κ1) is 16.0. The Labute approximate surface area is 140 Å². The number of nitrogens with zero attached hydrogens (tertiary/aromatic N) is 1. The summed E-state index contributed by atoms with van der Waals surface area (Å²) in [7, 11) is 1.56. The third-order valence-corrected chi connectivity index (χ3v) is 3.76. The van der Waals surface area contributed by atoms with E-state index in [-0.39, 0.29) is 5.82 Å². The standard InChI is InChI=1S/C20H18FNO2/c1-14-5-3-4-6-19(14)24-13-15-9-16(12-22-11-15)18-10-17(21)7-8-20(18)23-2/h3-12H,13H2,1-2H3. The molecule has 0 unspecified atom stereocenters. The van der Waals surface area contributed by atoms with Gasteiger partial charge in [-0.2, -0.15) is 0 Å². The summed E-state index contributed by atoms with van der Waals surface area (Å²) in [4.78, 5) is 4.24. The highest BCUT2D eigenvalue weighted by Gasteiger charge is 2.09. The molecule has 0 N–H and O–H groups in total. The molecule has 3 aromatic rings. The van der Waals surface area contributed by atoms with E-state index >= 15 is 0 Å². The summed E-state index contributed by atoms with van der Waals surface area (Å²) in [5.74, 6) is 1.13.